The Labute approximate surface area is 118 Å². The summed E-state index contributed by atoms with van der Waals surface area (Å²) in [6, 6.07) is 4.03. The summed E-state index contributed by atoms with van der Waals surface area (Å²) < 4.78 is 39.1. The molecule has 0 saturated carbocycles. The highest BCUT2D eigenvalue weighted by Crippen LogP contribution is 2.29. The van der Waals surface area contributed by atoms with E-state index in [0.717, 1.165) is 18.2 Å². The molecule has 21 heavy (non-hydrogen) atoms. The highest BCUT2D eigenvalue weighted by Gasteiger charge is 2.31. The summed E-state index contributed by atoms with van der Waals surface area (Å²) in [6.45, 7) is 0. The van der Waals surface area contributed by atoms with Crippen molar-refractivity contribution in [1.29, 1.82) is 0 Å². The van der Waals surface area contributed by atoms with E-state index in [9.17, 15) is 22.8 Å². The van der Waals surface area contributed by atoms with Gasteiger partial charge in [0.15, 0.2) is 11.6 Å². The summed E-state index contributed by atoms with van der Waals surface area (Å²) >= 11 is 0. The molecule has 7 heteroatoms. The van der Waals surface area contributed by atoms with Gasteiger partial charge in [-0.05, 0) is 12.1 Å². The number of Topliss-reactive ketones (excluding diaryl/α,β-unsaturated/α-hetero) is 2. The highest BCUT2D eigenvalue weighted by atomic mass is 19.4. The highest BCUT2D eigenvalue weighted by molar-refractivity contribution is 6.13. The van der Waals surface area contributed by atoms with Gasteiger partial charge in [0.05, 0.1) is 23.7 Å². The number of hydrogen-bond donors (Lipinski definition) is 0. The Morgan fingerprint density at radius 3 is 2.43 bits per heavy atom. The van der Waals surface area contributed by atoms with Crippen molar-refractivity contribution in [3.8, 4) is 0 Å². The van der Waals surface area contributed by atoms with Crippen LogP contribution in [0.4, 0.5) is 13.2 Å². The second kappa shape index (κ2) is 5.51. The van der Waals surface area contributed by atoms with Crippen molar-refractivity contribution in [2.45, 2.75) is 12.6 Å². The zero-order valence-electron chi connectivity index (χ0n) is 11.0. The standard InChI is InChI=1S/C14H11F3N2O2/c1-19-8-10(7-18-19)13(21)6-12(20)9-3-2-4-11(5-9)14(15,16)17/h2-5,7-8H,6H2,1H3. The zero-order valence-corrected chi connectivity index (χ0v) is 11.0. The Kier molecular flexibility index (Phi) is 3.93. The van der Waals surface area contributed by atoms with Gasteiger partial charge in [-0.2, -0.15) is 18.3 Å². The average Bonchev–Trinajstić information content (AvgIpc) is 2.84. The van der Waals surface area contributed by atoms with Crippen LogP contribution in [0.25, 0.3) is 0 Å². The van der Waals surface area contributed by atoms with E-state index < -0.39 is 29.7 Å². The van der Waals surface area contributed by atoms with E-state index in [2.05, 4.69) is 5.10 Å². The van der Waals surface area contributed by atoms with Crippen molar-refractivity contribution in [2.75, 3.05) is 0 Å². The van der Waals surface area contributed by atoms with Gasteiger partial charge >= 0.3 is 6.18 Å². The Bertz CT molecular complexity index is 690. The minimum Gasteiger partial charge on any atom is -0.294 e. The van der Waals surface area contributed by atoms with Gasteiger partial charge in [0.25, 0.3) is 0 Å². The van der Waals surface area contributed by atoms with Crippen LogP contribution in [0.5, 0.6) is 0 Å². The van der Waals surface area contributed by atoms with Crippen molar-refractivity contribution in [1.82, 2.24) is 9.78 Å². The van der Waals surface area contributed by atoms with E-state index in [-0.39, 0.29) is 11.1 Å². The van der Waals surface area contributed by atoms with E-state index in [1.165, 1.54) is 23.1 Å². The summed E-state index contributed by atoms with van der Waals surface area (Å²) in [7, 11) is 1.62. The third-order valence-corrected chi connectivity index (χ3v) is 2.86. The first-order valence-corrected chi connectivity index (χ1v) is 5.99. The van der Waals surface area contributed by atoms with E-state index in [4.69, 9.17) is 0 Å². The van der Waals surface area contributed by atoms with Crippen LogP contribution >= 0.6 is 0 Å². The van der Waals surface area contributed by atoms with E-state index >= 15 is 0 Å². The number of carbonyl (C=O) groups excluding carboxylic acids is 2. The van der Waals surface area contributed by atoms with Crippen LogP contribution < -0.4 is 0 Å². The fourth-order valence-corrected chi connectivity index (χ4v) is 1.78. The van der Waals surface area contributed by atoms with Crippen LogP contribution in [-0.4, -0.2) is 21.3 Å². The van der Waals surface area contributed by atoms with Gasteiger partial charge in [0.1, 0.15) is 0 Å². The SMILES string of the molecule is Cn1cc(C(=O)CC(=O)c2cccc(C(F)(F)F)c2)cn1. The number of ketones is 2. The number of aromatic nitrogens is 2. The zero-order chi connectivity index (χ0) is 15.6. The summed E-state index contributed by atoms with van der Waals surface area (Å²) in [5.74, 6) is -1.14. The van der Waals surface area contributed by atoms with Crippen LogP contribution in [0.1, 0.15) is 32.7 Å². The van der Waals surface area contributed by atoms with Crippen LogP contribution in [0.2, 0.25) is 0 Å². The van der Waals surface area contributed by atoms with Gasteiger partial charge in [0, 0.05) is 18.8 Å². The first kappa shape index (κ1) is 15.0. The molecule has 0 radical (unpaired) electrons. The Hall–Kier alpha value is -2.44. The van der Waals surface area contributed by atoms with Gasteiger partial charge in [-0.15, -0.1) is 0 Å². The number of hydrogen-bond acceptors (Lipinski definition) is 3. The van der Waals surface area contributed by atoms with Crippen molar-refractivity contribution in [2.24, 2.45) is 7.05 Å². The topological polar surface area (TPSA) is 52.0 Å². The predicted octanol–water partition coefficient (Wildman–Crippen LogP) is 2.89. The lowest BCUT2D eigenvalue weighted by Gasteiger charge is -2.07. The number of halogens is 3. The maximum absolute atomic E-state index is 12.6. The summed E-state index contributed by atoms with van der Waals surface area (Å²) in [4.78, 5) is 23.7. The molecule has 0 aliphatic rings. The second-order valence-corrected chi connectivity index (χ2v) is 4.50. The van der Waals surface area contributed by atoms with E-state index in [1.54, 1.807) is 7.05 Å². The first-order chi connectivity index (χ1) is 9.77. The minimum absolute atomic E-state index is 0.137. The molecule has 0 bridgehead atoms. The quantitative estimate of drug-likeness (QED) is 0.644. The van der Waals surface area contributed by atoms with Crippen molar-refractivity contribution < 1.29 is 22.8 Å². The van der Waals surface area contributed by atoms with Gasteiger partial charge in [0.2, 0.25) is 0 Å². The van der Waals surface area contributed by atoms with Crippen LogP contribution in [0.3, 0.4) is 0 Å². The second-order valence-electron chi connectivity index (χ2n) is 4.50. The number of carbonyl (C=O) groups is 2. The maximum atomic E-state index is 12.6. The monoisotopic (exact) mass is 296 g/mol. The molecule has 0 aliphatic heterocycles. The molecule has 1 aromatic heterocycles. The number of benzene rings is 1. The molecule has 1 aromatic carbocycles. The minimum atomic E-state index is -4.52. The molecule has 0 N–H and O–H groups in total. The summed E-state index contributed by atoms with van der Waals surface area (Å²) in [6.07, 6.45) is -2.26. The largest absolute Gasteiger partial charge is 0.416 e. The molecule has 0 spiro atoms. The fourth-order valence-electron chi connectivity index (χ4n) is 1.78. The number of alkyl halides is 3. The summed E-state index contributed by atoms with van der Waals surface area (Å²) in [5.41, 5.74) is -0.804. The normalized spacial score (nSPS) is 11.4. The van der Waals surface area contributed by atoms with Crippen molar-refractivity contribution in [3.05, 3.63) is 53.3 Å². The Balaban J connectivity index is 2.15. The van der Waals surface area contributed by atoms with E-state index in [0.29, 0.717) is 0 Å². The lowest BCUT2D eigenvalue weighted by Crippen LogP contribution is -2.10. The predicted molar refractivity (Wildman–Crippen MR) is 67.9 cm³/mol. The summed E-state index contributed by atoms with van der Waals surface area (Å²) in [5, 5.41) is 3.80. The first-order valence-electron chi connectivity index (χ1n) is 5.99. The van der Waals surface area contributed by atoms with Crippen molar-refractivity contribution >= 4 is 11.6 Å². The van der Waals surface area contributed by atoms with Gasteiger partial charge in [-0.25, -0.2) is 0 Å². The molecule has 4 nitrogen and oxygen atoms in total. The molecule has 2 rings (SSSR count). The number of aryl methyl sites for hydroxylation is 1. The molecule has 0 amide bonds. The molecule has 0 fully saturated rings. The van der Waals surface area contributed by atoms with Crippen LogP contribution in [0.15, 0.2) is 36.7 Å². The molecular weight excluding hydrogens is 285 g/mol. The molecule has 110 valence electrons. The van der Waals surface area contributed by atoms with Gasteiger partial charge < -0.3 is 0 Å². The third kappa shape index (κ3) is 3.56. The molecular formula is C14H11F3N2O2. The Morgan fingerprint density at radius 2 is 1.86 bits per heavy atom. The maximum Gasteiger partial charge on any atom is 0.416 e. The van der Waals surface area contributed by atoms with Gasteiger partial charge in [-0.1, -0.05) is 12.1 Å². The molecule has 0 aliphatic carbocycles. The lowest BCUT2D eigenvalue weighted by molar-refractivity contribution is -0.137. The van der Waals surface area contributed by atoms with E-state index in [1.807, 2.05) is 0 Å². The molecule has 0 atom stereocenters. The van der Waals surface area contributed by atoms with Crippen LogP contribution in [0, 0.1) is 0 Å². The Morgan fingerprint density at radius 1 is 1.19 bits per heavy atom. The molecule has 1 heterocycles. The average molecular weight is 296 g/mol. The third-order valence-electron chi connectivity index (χ3n) is 2.86. The number of nitrogens with zero attached hydrogens (tertiary/aromatic N) is 2. The smallest absolute Gasteiger partial charge is 0.294 e. The molecule has 0 unspecified atom stereocenters. The van der Waals surface area contributed by atoms with Crippen molar-refractivity contribution in [3.63, 3.8) is 0 Å². The fraction of sp³-hybridized carbons (Fsp3) is 0.214. The molecule has 2 aromatic rings. The van der Waals surface area contributed by atoms with Gasteiger partial charge in [-0.3, -0.25) is 14.3 Å². The molecule has 0 saturated heterocycles. The number of rotatable bonds is 4. The lowest BCUT2D eigenvalue weighted by atomic mass is 10.0. The van der Waals surface area contributed by atoms with Crippen LogP contribution in [-0.2, 0) is 13.2 Å².